The lowest BCUT2D eigenvalue weighted by atomic mass is 9.54. The lowest BCUT2D eigenvalue weighted by Crippen LogP contribution is -2.55. The highest BCUT2D eigenvalue weighted by molar-refractivity contribution is 5.95. The summed E-state index contributed by atoms with van der Waals surface area (Å²) < 4.78 is 0. The van der Waals surface area contributed by atoms with Crippen molar-refractivity contribution in [1.82, 2.24) is 10.6 Å². The van der Waals surface area contributed by atoms with Crippen LogP contribution in [0.2, 0.25) is 0 Å². The Kier molecular flexibility index (Phi) is 5.23. The van der Waals surface area contributed by atoms with Crippen molar-refractivity contribution in [2.24, 2.45) is 23.7 Å². The molecule has 4 saturated carbocycles. The van der Waals surface area contributed by atoms with Crippen molar-refractivity contribution in [2.75, 3.05) is 0 Å². The smallest absolute Gasteiger partial charge is 0.251 e. The summed E-state index contributed by atoms with van der Waals surface area (Å²) in [5.74, 6) is 2.91. The molecule has 2 aromatic rings. The van der Waals surface area contributed by atoms with Crippen LogP contribution in [-0.2, 0) is 6.54 Å². The van der Waals surface area contributed by atoms with Crippen molar-refractivity contribution in [3.8, 4) is 6.07 Å². The number of carbonyl (C=O) groups excluding carboxylic acids is 2. The Morgan fingerprint density at radius 2 is 1.55 bits per heavy atom. The fourth-order valence-electron chi connectivity index (χ4n) is 6.18. The van der Waals surface area contributed by atoms with E-state index in [1.807, 2.05) is 30.3 Å². The van der Waals surface area contributed by atoms with E-state index >= 15 is 0 Å². The van der Waals surface area contributed by atoms with Gasteiger partial charge in [0.25, 0.3) is 11.8 Å². The number of nitrogens with zero attached hydrogens (tertiary/aromatic N) is 1. The van der Waals surface area contributed by atoms with Crippen molar-refractivity contribution in [3.05, 3.63) is 70.8 Å². The topological polar surface area (TPSA) is 82.0 Å². The van der Waals surface area contributed by atoms with Crippen LogP contribution in [0.4, 0.5) is 0 Å². The first-order valence-electron chi connectivity index (χ1n) is 11.3. The van der Waals surface area contributed by atoms with Gasteiger partial charge in [-0.05, 0) is 91.7 Å². The van der Waals surface area contributed by atoms with E-state index in [2.05, 4.69) is 10.6 Å². The standard InChI is InChI=1S/C26H27N3O2/c27-14-17-2-1-3-21(9-17)25(30)28-15-16-4-6-20(7-5-16)26(31)29-24-22-10-18-8-19(12-22)13-23(24)11-18/h1-7,9,18-19,22-24H,8,10-13,15H2,(H,28,30)(H,29,31). The summed E-state index contributed by atoms with van der Waals surface area (Å²) in [5.41, 5.74) is 2.52. The van der Waals surface area contributed by atoms with Gasteiger partial charge < -0.3 is 10.6 Å². The third-order valence-corrected chi connectivity index (χ3v) is 7.45. The first kappa shape index (κ1) is 19.8. The van der Waals surface area contributed by atoms with Crippen molar-refractivity contribution in [3.63, 3.8) is 0 Å². The van der Waals surface area contributed by atoms with Gasteiger partial charge in [-0.15, -0.1) is 0 Å². The predicted molar refractivity (Wildman–Crippen MR) is 117 cm³/mol. The monoisotopic (exact) mass is 413 g/mol. The van der Waals surface area contributed by atoms with Crippen LogP contribution in [-0.4, -0.2) is 17.9 Å². The van der Waals surface area contributed by atoms with E-state index in [4.69, 9.17) is 5.26 Å². The molecule has 6 rings (SSSR count). The van der Waals surface area contributed by atoms with Crippen molar-refractivity contribution >= 4 is 11.8 Å². The minimum Gasteiger partial charge on any atom is -0.349 e. The molecule has 2 aromatic carbocycles. The molecule has 5 nitrogen and oxygen atoms in total. The maximum atomic E-state index is 12.9. The van der Waals surface area contributed by atoms with E-state index in [0.717, 1.165) is 17.4 Å². The van der Waals surface area contributed by atoms with Gasteiger partial charge in [0.05, 0.1) is 11.6 Å². The van der Waals surface area contributed by atoms with Gasteiger partial charge in [0.15, 0.2) is 0 Å². The van der Waals surface area contributed by atoms with Gasteiger partial charge in [0.1, 0.15) is 0 Å². The Labute approximate surface area is 182 Å². The number of benzene rings is 2. The predicted octanol–water partition coefficient (Wildman–Crippen LogP) is 4.04. The Morgan fingerprint density at radius 3 is 2.19 bits per heavy atom. The summed E-state index contributed by atoms with van der Waals surface area (Å²) in [6.45, 7) is 0.368. The molecule has 0 radical (unpaired) electrons. The van der Waals surface area contributed by atoms with E-state index < -0.39 is 0 Å². The highest BCUT2D eigenvalue weighted by Gasteiger charge is 2.48. The first-order chi connectivity index (χ1) is 15.1. The van der Waals surface area contributed by atoms with Gasteiger partial charge >= 0.3 is 0 Å². The zero-order valence-corrected chi connectivity index (χ0v) is 17.5. The zero-order valence-electron chi connectivity index (χ0n) is 17.5. The molecule has 158 valence electrons. The molecule has 0 atom stereocenters. The Hall–Kier alpha value is -3.13. The molecular weight excluding hydrogens is 386 g/mol. The van der Waals surface area contributed by atoms with Crippen LogP contribution in [0.15, 0.2) is 48.5 Å². The van der Waals surface area contributed by atoms with E-state index in [9.17, 15) is 9.59 Å². The number of nitrogens with one attached hydrogen (secondary N) is 2. The first-order valence-corrected chi connectivity index (χ1v) is 11.3. The molecule has 4 aliphatic rings. The second-order valence-electron chi connectivity index (χ2n) is 9.50. The SMILES string of the molecule is N#Cc1cccc(C(=O)NCc2ccc(C(=O)NC3C4CC5CC(C4)CC3C5)cc2)c1. The largest absolute Gasteiger partial charge is 0.349 e. The lowest BCUT2D eigenvalue weighted by Gasteiger charge is -2.54. The number of hydrogen-bond donors (Lipinski definition) is 2. The molecule has 4 fully saturated rings. The molecule has 0 heterocycles. The van der Waals surface area contributed by atoms with Crippen molar-refractivity contribution in [1.29, 1.82) is 5.26 Å². The molecule has 2 N–H and O–H groups in total. The van der Waals surface area contributed by atoms with Crippen molar-refractivity contribution < 1.29 is 9.59 Å². The molecule has 31 heavy (non-hydrogen) atoms. The number of nitriles is 1. The maximum Gasteiger partial charge on any atom is 0.251 e. The summed E-state index contributed by atoms with van der Waals surface area (Å²) in [6, 6.07) is 16.5. The molecule has 4 bridgehead atoms. The average molecular weight is 414 g/mol. The van der Waals surface area contributed by atoms with E-state index in [-0.39, 0.29) is 11.8 Å². The zero-order chi connectivity index (χ0) is 21.4. The minimum absolute atomic E-state index is 0.0152. The lowest BCUT2D eigenvalue weighted by molar-refractivity contribution is -0.0119. The van der Waals surface area contributed by atoms with Gasteiger partial charge in [-0.1, -0.05) is 18.2 Å². The maximum absolute atomic E-state index is 12.9. The van der Waals surface area contributed by atoms with Gasteiger partial charge in [-0.2, -0.15) is 5.26 Å². The number of rotatable bonds is 5. The quantitative estimate of drug-likeness (QED) is 0.776. The Morgan fingerprint density at radius 1 is 0.871 bits per heavy atom. The molecule has 4 aliphatic carbocycles. The number of carbonyl (C=O) groups is 2. The van der Waals surface area contributed by atoms with Gasteiger partial charge in [-0.25, -0.2) is 0 Å². The third-order valence-electron chi connectivity index (χ3n) is 7.45. The van der Waals surface area contributed by atoms with Crippen LogP contribution in [0.3, 0.4) is 0 Å². The summed E-state index contributed by atoms with van der Waals surface area (Å²) in [4.78, 5) is 25.2. The van der Waals surface area contributed by atoms with Gasteiger partial charge in [0.2, 0.25) is 0 Å². The fraction of sp³-hybridized carbons (Fsp3) is 0.423. The van der Waals surface area contributed by atoms with E-state index in [0.29, 0.717) is 41.1 Å². The molecule has 0 saturated heterocycles. The number of hydrogen-bond acceptors (Lipinski definition) is 3. The Bertz CT molecular complexity index is 1010. The molecule has 5 heteroatoms. The fourth-order valence-corrected chi connectivity index (χ4v) is 6.18. The van der Waals surface area contributed by atoms with Crippen LogP contribution in [0.5, 0.6) is 0 Å². The van der Waals surface area contributed by atoms with Gasteiger partial charge in [-0.3, -0.25) is 9.59 Å². The molecule has 0 spiro atoms. The second kappa shape index (κ2) is 8.19. The van der Waals surface area contributed by atoms with E-state index in [1.54, 1.807) is 24.3 Å². The average Bonchev–Trinajstić information content (AvgIpc) is 2.79. The van der Waals surface area contributed by atoms with Crippen LogP contribution in [0.1, 0.15) is 63.9 Å². The van der Waals surface area contributed by atoms with Crippen LogP contribution in [0.25, 0.3) is 0 Å². The third kappa shape index (κ3) is 4.07. The number of amides is 2. The summed E-state index contributed by atoms with van der Waals surface area (Å²) in [6.07, 6.45) is 6.55. The summed E-state index contributed by atoms with van der Waals surface area (Å²) >= 11 is 0. The van der Waals surface area contributed by atoms with Crippen LogP contribution < -0.4 is 10.6 Å². The Balaban J connectivity index is 1.17. The molecular formula is C26H27N3O2. The molecule has 0 aliphatic heterocycles. The molecule has 0 unspecified atom stereocenters. The van der Waals surface area contributed by atoms with E-state index in [1.165, 1.54) is 32.1 Å². The van der Waals surface area contributed by atoms with Gasteiger partial charge in [0, 0.05) is 23.7 Å². The second-order valence-corrected chi connectivity index (χ2v) is 9.50. The van der Waals surface area contributed by atoms with Crippen LogP contribution in [0, 0.1) is 35.0 Å². The highest BCUT2D eigenvalue weighted by Crippen LogP contribution is 2.53. The molecule has 0 aromatic heterocycles. The highest BCUT2D eigenvalue weighted by atomic mass is 16.2. The van der Waals surface area contributed by atoms with Crippen molar-refractivity contribution in [2.45, 2.75) is 44.7 Å². The molecule has 2 amide bonds. The van der Waals surface area contributed by atoms with Crippen LogP contribution >= 0.6 is 0 Å². The minimum atomic E-state index is -0.221. The summed E-state index contributed by atoms with van der Waals surface area (Å²) in [7, 11) is 0. The summed E-state index contributed by atoms with van der Waals surface area (Å²) in [5, 5.41) is 15.2. The normalized spacial score (nSPS) is 28.0.